The smallest absolute Gasteiger partial charge is 0.226 e. The van der Waals surface area contributed by atoms with Gasteiger partial charge in [0.05, 0.1) is 11.2 Å². The van der Waals surface area contributed by atoms with Gasteiger partial charge in [-0.05, 0) is 25.1 Å². The number of piperazine rings is 1. The molecule has 1 aliphatic heterocycles. The van der Waals surface area contributed by atoms with Crippen molar-refractivity contribution in [1.82, 2.24) is 20.3 Å². The first kappa shape index (κ1) is 14.1. The second-order valence-corrected chi connectivity index (χ2v) is 5.85. The second-order valence-electron chi connectivity index (χ2n) is 5.85. The van der Waals surface area contributed by atoms with Crippen LogP contribution in [0.2, 0.25) is 0 Å². The number of anilines is 1. The lowest BCUT2D eigenvalue weighted by molar-refractivity contribution is 0.579. The Morgan fingerprint density at radius 1 is 1.04 bits per heavy atom. The van der Waals surface area contributed by atoms with Gasteiger partial charge in [-0.1, -0.05) is 18.2 Å². The summed E-state index contributed by atoms with van der Waals surface area (Å²) in [5, 5.41) is 4.49. The number of nitrogens with one attached hydrogen (secondary N) is 1. The van der Waals surface area contributed by atoms with Crippen LogP contribution in [0.1, 0.15) is 5.69 Å². The van der Waals surface area contributed by atoms with E-state index in [0.29, 0.717) is 0 Å². The van der Waals surface area contributed by atoms with E-state index in [-0.39, 0.29) is 0 Å². The summed E-state index contributed by atoms with van der Waals surface area (Å²) in [6.07, 6.45) is 1.89. The maximum atomic E-state index is 4.78. The standard InChI is InChI=1S/C18H19N5/c1-13-10-17(22-18(21-13)23-8-6-19-7-9-23)15-11-14-4-2-3-5-16(14)20-12-15/h2-5,10-12,19H,6-9H2,1H3. The number of benzene rings is 1. The quantitative estimate of drug-likeness (QED) is 0.788. The minimum Gasteiger partial charge on any atom is -0.338 e. The highest BCUT2D eigenvalue weighted by atomic mass is 15.3. The van der Waals surface area contributed by atoms with Crippen LogP contribution in [0.25, 0.3) is 22.2 Å². The fourth-order valence-corrected chi connectivity index (χ4v) is 2.92. The molecule has 116 valence electrons. The molecule has 0 radical (unpaired) electrons. The monoisotopic (exact) mass is 305 g/mol. The Labute approximate surface area is 135 Å². The predicted molar refractivity (Wildman–Crippen MR) is 92.6 cm³/mol. The lowest BCUT2D eigenvalue weighted by Gasteiger charge is -2.27. The number of para-hydroxylation sites is 1. The average Bonchev–Trinajstić information content (AvgIpc) is 2.61. The molecule has 0 atom stereocenters. The maximum absolute atomic E-state index is 4.78. The number of aryl methyl sites for hydroxylation is 1. The zero-order chi connectivity index (χ0) is 15.6. The third-order valence-corrected chi connectivity index (χ3v) is 4.13. The largest absolute Gasteiger partial charge is 0.338 e. The molecular weight excluding hydrogens is 286 g/mol. The van der Waals surface area contributed by atoms with Crippen LogP contribution >= 0.6 is 0 Å². The minimum atomic E-state index is 0.814. The Kier molecular flexibility index (Phi) is 3.63. The van der Waals surface area contributed by atoms with E-state index >= 15 is 0 Å². The van der Waals surface area contributed by atoms with E-state index in [1.54, 1.807) is 0 Å². The van der Waals surface area contributed by atoms with Crippen molar-refractivity contribution in [1.29, 1.82) is 0 Å². The zero-order valence-electron chi connectivity index (χ0n) is 13.2. The van der Waals surface area contributed by atoms with Gasteiger partial charge in [-0.2, -0.15) is 0 Å². The minimum absolute atomic E-state index is 0.814. The summed E-state index contributed by atoms with van der Waals surface area (Å²) >= 11 is 0. The molecular formula is C18H19N5. The molecule has 5 heteroatoms. The number of pyridine rings is 1. The average molecular weight is 305 g/mol. The first-order chi connectivity index (χ1) is 11.3. The van der Waals surface area contributed by atoms with Crippen LogP contribution in [0.3, 0.4) is 0 Å². The Hall–Kier alpha value is -2.53. The van der Waals surface area contributed by atoms with Gasteiger partial charge in [-0.3, -0.25) is 4.98 Å². The number of fused-ring (bicyclic) bond motifs is 1. The normalized spacial score (nSPS) is 15.1. The molecule has 0 saturated carbocycles. The number of aromatic nitrogens is 3. The van der Waals surface area contributed by atoms with Crippen LogP contribution in [0, 0.1) is 6.92 Å². The number of hydrogen-bond acceptors (Lipinski definition) is 5. The third-order valence-electron chi connectivity index (χ3n) is 4.13. The topological polar surface area (TPSA) is 53.9 Å². The zero-order valence-corrected chi connectivity index (χ0v) is 13.2. The van der Waals surface area contributed by atoms with Gasteiger partial charge in [0, 0.05) is 49.0 Å². The van der Waals surface area contributed by atoms with E-state index in [0.717, 1.165) is 60.0 Å². The van der Waals surface area contributed by atoms with Crippen LogP contribution in [-0.2, 0) is 0 Å². The summed E-state index contributed by atoms with van der Waals surface area (Å²) in [4.78, 5) is 16.2. The lowest BCUT2D eigenvalue weighted by atomic mass is 10.1. The fraction of sp³-hybridized carbons (Fsp3) is 0.278. The molecule has 1 saturated heterocycles. The number of rotatable bonds is 2. The molecule has 1 N–H and O–H groups in total. The summed E-state index contributed by atoms with van der Waals surface area (Å²) in [6.45, 7) is 5.86. The molecule has 23 heavy (non-hydrogen) atoms. The molecule has 5 nitrogen and oxygen atoms in total. The SMILES string of the molecule is Cc1cc(-c2cnc3ccccc3c2)nc(N2CCNCC2)n1. The molecule has 0 bridgehead atoms. The summed E-state index contributed by atoms with van der Waals surface area (Å²) in [5.74, 6) is 0.814. The summed E-state index contributed by atoms with van der Waals surface area (Å²) < 4.78 is 0. The van der Waals surface area contributed by atoms with Gasteiger partial charge in [0.1, 0.15) is 0 Å². The molecule has 3 heterocycles. The van der Waals surface area contributed by atoms with Crippen molar-refractivity contribution in [2.24, 2.45) is 0 Å². The van der Waals surface area contributed by atoms with Crippen LogP contribution in [0.5, 0.6) is 0 Å². The van der Waals surface area contributed by atoms with Crippen molar-refractivity contribution in [3.63, 3.8) is 0 Å². The van der Waals surface area contributed by atoms with Crippen LogP contribution in [0.4, 0.5) is 5.95 Å². The summed E-state index contributed by atoms with van der Waals surface area (Å²) in [6, 6.07) is 12.3. The molecule has 1 aliphatic rings. The molecule has 1 aromatic carbocycles. The molecule has 0 unspecified atom stereocenters. The van der Waals surface area contributed by atoms with Gasteiger partial charge in [0.15, 0.2) is 0 Å². The van der Waals surface area contributed by atoms with Crippen molar-refractivity contribution in [2.75, 3.05) is 31.1 Å². The molecule has 1 fully saturated rings. The van der Waals surface area contributed by atoms with Gasteiger partial charge in [0.25, 0.3) is 0 Å². The third kappa shape index (κ3) is 2.87. The maximum Gasteiger partial charge on any atom is 0.226 e. The molecule has 0 amide bonds. The van der Waals surface area contributed by atoms with Crippen molar-refractivity contribution in [2.45, 2.75) is 6.92 Å². The Balaban J connectivity index is 1.76. The Bertz CT molecular complexity index is 840. The number of nitrogens with zero attached hydrogens (tertiary/aromatic N) is 4. The van der Waals surface area contributed by atoms with Gasteiger partial charge in [-0.25, -0.2) is 9.97 Å². The van der Waals surface area contributed by atoms with Crippen LogP contribution in [0.15, 0.2) is 42.6 Å². The highest BCUT2D eigenvalue weighted by Crippen LogP contribution is 2.23. The van der Waals surface area contributed by atoms with Gasteiger partial charge >= 0.3 is 0 Å². The van der Waals surface area contributed by atoms with E-state index in [2.05, 4.69) is 32.3 Å². The van der Waals surface area contributed by atoms with Gasteiger partial charge in [0.2, 0.25) is 5.95 Å². The molecule has 0 aliphatic carbocycles. The van der Waals surface area contributed by atoms with E-state index in [1.165, 1.54) is 0 Å². The van der Waals surface area contributed by atoms with Crippen molar-refractivity contribution >= 4 is 16.9 Å². The summed E-state index contributed by atoms with van der Waals surface area (Å²) in [5.41, 5.74) is 3.95. The second kappa shape index (κ2) is 5.93. The van der Waals surface area contributed by atoms with Gasteiger partial charge < -0.3 is 10.2 Å². The van der Waals surface area contributed by atoms with Crippen LogP contribution in [-0.4, -0.2) is 41.1 Å². The van der Waals surface area contributed by atoms with Crippen molar-refractivity contribution in [3.05, 3.63) is 48.3 Å². The summed E-state index contributed by atoms with van der Waals surface area (Å²) in [7, 11) is 0. The van der Waals surface area contributed by atoms with Crippen molar-refractivity contribution in [3.8, 4) is 11.3 Å². The highest BCUT2D eigenvalue weighted by molar-refractivity contribution is 5.82. The lowest BCUT2D eigenvalue weighted by Crippen LogP contribution is -2.44. The van der Waals surface area contributed by atoms with E-state index < -0.39 is 0 Å². The molecule has 2 aromatic heterocycles. The van der Waals surface area contributed by atoms with Gasteiger partial charge in [-0.15, -0.1) is 0 Å². The fourth-order valence-electron chi connectivity index (χ4n) is 2.92. The van der Waals surface area contributed by atoms with E-state index in [4.69, 9.17) is 4.98 Å². The first-order valence-corrected chi connectivity index (χ1v) is 7.96. The predicted octanol–water partition coefficient (Wildman–Crippen LogP) is 2.41. The van der Waals surface area contributed by atoms with Crippen molar-refractivity contribution < 1.29 is 0 Å². The first-order valence-electron chi connectivity index (χ1n) is 7.96. The molecule has 0 spiro atoms. The molecule has 4 rings (SSSR count). The highest BCUT2D eigenvalue weighted by Gasteiger charge is 2.15. The Morgan fingerprint density at radius 3 is 2.74 bits per heavy atom. The van der Waals surface area contributed by atoms with E-state index in [9.17, 15) is 0 Å². The van der Waals surface area contributed by atoms with Crippen LogP contribution < -0.4 is 10.2 Å². The Morgan fingerprint density at radius 2 is 1.87 bits per heavy atom. The molecule has 3 aromatic rings. The van der Waals surface area contributed by atoms with E-state index in [1.807, 2.05) is 37.4 Å². The number of hydrogen-bond donors (Lipinski definition) is 1.